The minimum atomic E-state index is 0.580. The zero-order valence-corrected chi connectivity index (χ0v) is 10.4. The third kappa shape index (κ3) is 2.16. The average molecular weight is 236 g/mol. The Bertz CT molecular complexity index is 374. The number of hydrogen-bond acceptors (Lipinski definition) is 5. The first-order valence-corrected chi connectivity index (χ1v) is 6.53. The van der Waals surface area contributed by atoms with Gasteiger partial charge in [-0.2, -0.15) is 4.98 Å². The zero-order valence-electron chi connectivity index (χ0n) is 10.4. The number of hydrogen-bond donors (Lipinski definition) is 1. The van der Waals surface area contributed by atoms with Gasteiger partial charge in [-0.3, -0.25) is 0 Å². The molecule has 0 aromatic carbocycles. The number of aromatic nitrogens is 2. The van der Waals surface area contributed by atoms with Gasteiger partial charge in [0.15, 0.2) is 5.82 Å². The summed E-state index contributed by atoms with van der Waals surface area (Å²) in [6, 6.07) is 0.700. The van der Waals surface area contributed by atoms with Crippen molar-refractivity contribution >= 4 is 6.01 Å². The van der Waals surface area contributed by atoms with Crippen molar-refractivity contribution in [1.29, 1.82) is 0 Å². The smallest absolute Gasteiger partial charge is 0.324 e. The number of rotatable bonds is 1. The average Bonchev–Trinajstić information content (AvgIpc) is 2.78. The van der Waals surface area contributed by atoms with Crippen LogP contribution in [-0.2, 0) is 0 Å². The summed E-state index contributed by atoms with van der Waals surface area (Å²) in [6.45, 7) is 6.34. The van der Waals surface area contributed by atoms with Crippen molar-refractivity contribution in [2.24, 2.45) is 5.41 Å². The molecule has 0 amide bonds. The van der Waals surface area contributed by atoms with Gasteiger partial charge >= 0.3 is 6.01 Å². The Morgan fingerprint density at radius 1 is 1.18 bits per heavy atom. The van der Waals surface area contributed by atoms with Crippen molar-refractivity contribution < 1.29 is 4.52 Å². The Morgan fingerprint density at radius 2 is 1.88 bits per heavy atom. The number of anilines is 1. The van der Waals surface area contributed by atoms with Crippen LogP contribution < -0.4 is 10.2 Å². The van der Waals surface area contributed by atoms with Crippen LogP contribution in [0.3, 0.4) is 0 Å². The lowest BCUT2D eigenvalue weighted by Gasteiger charge is -2.43. The van der Waals surface area contributed by atoms with Crippen molar-refractivity contribution in [2.45, 2.75) is 32.6 Å². The molecule has 3 heterocycles. The van der Waals surface area contributed by atoms with Crippen LogP contribution in [0.4, 0.5) is 6.01 Å². The highest BCUT2D eigenvalue weighted by atomic mass is 16.5. The number of piperidine rings is 2. The second-order valence-electron chi connectivity index (χ2n) is 5.36. The molecule has 5 nitrogen and oxygen atoms in total. The quantitative estimate of drug-likeness (QED) is 0.797. The Hall–Kier alpha value is -1.10. The molecule has 1 aromatic heterocycles. The summed E-state index contributed by atoms with van der Waals surface area (Å²) in [7, 11) is 0. The van der Waals surface area contributed by atoms with Gasteiger partial charge in [-0.25, -0.2) is 0 Å². The molecular weight excluding hydrogens is 216 g/mol. The number of aryl methyl sites for hydroxylation is 1. The van der Waals surface area contributed by atoms with E-state index in [2.05, 4.69) is 20.4 Å². The van der Waals surface area contributed by atoms with E-state index in [0.717, 1.165) is 18.9 Å². The van der Waals surface area contributed by atoms with Crippen LogP contribution in [0.1, 0.15) is 31.5 Å². The van der Waals surface area contributed by atoms with Crippen LogP contribution in [0, 0.1) is 12.3 Å². The van der Waals surface area contributed by atoms with E-state index in [1.165, 1.54) is 38.8 Å². The van der Waals surface area contributed by atoms with Crippen molar-refractivity contribution in [3.05, 3.63) is 5.82 Å². The molecule has 2 aliphatic heterocycles. The van der Waals surface area contributed by atoms with E-state index in [4.69, 9.17) is 4.52 Å². The molecule has 0 saturated carbocycles. The van der Waals surface area contributed by atoms with E-state index >= 15 is 0 Å². The lowest BCUT2D eigenvalue weighted by Crippen LogP contribution is -2.45. The SMILES string of the molecule is Cc1noc(N2CCC3(CCNCC3)CC2)n1. The van der Waals surface area contributed by atoms with Gasteiger partial charge in [-0.15, -0.1) is 0 Å². The highest BCUT2D eigenvalue weighted by Gasteiger charge is 2.36. The Balaban J connectivity index is 1.63. The molecule has 0 unspecified atom stereocenters. The summed E-state index contributed by atoms with van der Waals surface area (Å²) in [5, 5.41) is 7.31. The standard InChI is InChI=1S/C12H20N4O/c1-10-14-11(17-15-10)16-8-4-12(5-9-16)2-6-13-7-3-12/h13H,2-9H2,1H3. The molecule has 0 aliphatic carbocycles. The largest absolute Gasteiger partial charge is 0.324 e. The first-order chi connectivity index (χ1) is 8.27. The molecule has 0 bridgehead atoms. The number of nitrogens with one attached hydrogen (secondary N) is 1. The minimum absolute atomic E-state index is 0.580. The fraction of sp³-hybridized carbons (Fsp3) is 0.833. The van der Waals surface area contributed by atoms with Crippen LogP contribution >= 0.6 is 0 Å². The molecule has 3 rings (SSSR count). The molecule has 2 aliphatic rings. The molecule has 17 heavy (non-hydrogen) atoms. The molecule has 1 spiro atoms. The Morgan fingerprint density at radius 3 is 2.47 bits per heavy atom. The molecular formula is C12H20N4O. The van der Waals surface area contributed by atoms with E-state index in [1.807, 2.05) is 6.92 Å². The second-order valence-corrected chi connectivity index (χ2v) is 5.36. The van der Waals surface area contributed by atoms with Gasteiger partial charge in [0.1, 0.15) is 0 Å². The molecule has 2 fully saturated rings. The summed E-state index contributed by atoms with van der Waals surface area (Å²) >= 11 is 0. The zero-order chi connectivity index (χ0) is 11.7. The maximum absolute atomic E-state index is 5.23. The summed E-state index contributed by atoms with van der Waals surface area (Å²) in [6.07, 6.45) is 5.17. The van der Waals surface area contributed by atoms with Crippen LogP contribution in [0.25, 0.3) is 0 Å². The monoisotopic (exact) mass is 236 g/mol. The van der Waals surface area contributed by atoms with Gasteiger partial charge in [-0.1, -0.05) is 5.16 Å². The molecule has 0 atom stereocenters. The van der Waals surface area contributed by atoms with Gasteiger partial charge in [0.05, 0.1) is 0 Å². The van der Waals surface area contributed by atoms with Crippen LogP contribution in [0.5, 0.6) is 0 Å². The predicted octanol–water partition coefficient (Wildman–Crippen LogP) is 1.35. The highest BCUT2D eigenvalue weighted by molar-refractivity contribution is 5.26. The second kappa shape index (κ2) is 4.29. The van der Waals surface area contributed by atoms with E-state index in [0.29, 0.717) is 11.4 Å². The fourth-order valence-corrected chi connectivity index (χ4v) is 3.04. The molecule has 2 saturated heterocycles. The van der Waals surface area contributed by atoms with Gasteiger partial charge < -0.3 is 14.7 Å². The van der Waals surface area contributed by atoms with Crippen molar-refractivity contribution in [3.8, 4) is 0 Å². The van der Waals surface area contributed by atoms with E-state index in [-0.39, 0.29) is 0 Å². The maximum Gasteiger partial charge on any atom is 0.324 e. The third-order valence-electron chi connectivity index (χ3n) is 4.28. The third-order valence-corrected chi connectivity index (χ3v) is 4.28. The molecule has 0 radical (unpaired) electrons. The summed E-state index contributed by atoms with van der Waals surface area (Å²) < 4.78 is 5.23. The van der Waals surface area contributed by atoms with Gasteiger partial charge in [-0.05, 0) is 51.1 Å². The van der Waals surface area contributed by atoms with Gasteiger partial charge in [0.25, 0.3) is 0 Å². The van der Waals surface area contributed by atoms with Crippen LogP contribution in [0.2, 0.25) is 0 Å². The Labute approximate surface area is 102 Å². The van der Waals surface area contributed by atoms with E-state index in [9.17, 15) is 0 Å². The molecule has 1 aromatic rings. The normalized spacial score (nSPS) is 24.2. The molecule has 94 valence electrons. The first-order valence-electron chi connectivity index (χ1n) is 6.53. The van der Waals surface area contributed by atoms with Gasteiger partial charge in [0, 0.05) is 13.1 Å². The molecule has 5 heteroatoms. The topological polar surface area (TPSA) is 54.2 Å². The molecule has 1 N–H and O–H groups in total. The van der Waals surface area contributed by atoms with Crippen LogP contribution in [-0.4, -0.2) is 36.3 Å². The highest BCUT2D eigenvalue weighted by Crippen LogP contribution is 2.40. The van der Waals surface area contributed by atoms with Crippen molar-refractivity contribution in [2.75, 3.05) is 31.1 Å². The lowest BCUT2D eigenvalue weighted by molar-refractivity contribution is 0.152. The summed E-state index contributed by atoms with van der Waals surface area (Å²) in [5.74, 6) is 0.724. The van der Waals surface area contributed by atoms with Crippen molar-refractivity contribution in [3.63, 3.8) is 0 Å². The van der Waals surface area contributed by atoms with Crippen LogP contribution in [0.15, 0.2) is 4.52 Å². The lowest BCUT2D eigenvalue weighted by atomic mass is 9.72. The Kier molecular flexibility index (Phi) is 2.78. The summed E-state index contributed by atoms with van der Waals surface area (Å²) in [4.78, 5) is 6.53. The summed E-state index contributed by atoms with van der Waals surface area (Å²) in [5.41, 5.74) is 0.580. The first kappa shape index (κ1) is 11.0. The predicted molar refractivity (Wildman–Crippen MR) is 65.0 cm³/mol. The fourth-order valence-electron chi connectivity index (χ4n) is 3.04. The van der Waals surface area contributed by atoms with Crippen molar-refractivity contribution in [1.82, 2.24) is 15.5 Å². The van der Waals surface area contributed by atoms with E-state index in [1.54, 1.807) is 0 Å². The van der Waals surface area contributed by atoms with E-state index < -0.39 is 0 Å². The number of nitrogens with zero attached hydrogens (tertiary/aromatic N) is 3. The van der Waals surface area contributed by atoms with Gasteiger partial charge in [0.2, 0.25) is 0 Å². The maximum atomic E-state index is 5.23. The minimum Gasteiger partial charge on any atom is -0.324 e.